The average molecular weight is 225 g/mol. The molecule has 0 aromatic heterocycles. The summed E-state index contributed by atoms with van der Waals surface area (Å²) >= 11 is 0. The van der Waals surface area contributed by atoms with Crippen LogP contribution >= 0.6 is 0 Å². The molecule has 0 amide bonds. The SMILES string of the molecule is CCC(C)C(Nc1cccc(F)c1)C(=O)O. The van der Waals surface area contributed by atoms with E-state index in [9.17, 15) is 9.18 Å². The summed E-state index contributed by atoms with van der Waals surface area (Å²) in [6.07, 6.45) is 0.749. The maximum Gasteiger partial charge on any atom is 0.326 e. The second kappa shape index (κ2) is 5.49. The van der Waals surface area contributed by atoms with Gasteiger partial charge in [0.15, 0.2) is 0 Å². The number of carboxylic acid groups (broad SMARTS) is 1. The smallest absolute Gasteiger partial charge is 0.326 e. The zero-order valence-electron chi connectivity index (χ0n) is 9.40. The van der Waals surface area contributed by atoms with Crippen LogP contribution in [0.25, 0.3) is 0 Å². The molecule has 0 aliphatic heterocycles. The third kappa shape index (κ3) is 3.22. The molecular weight excluding hydrogens is 209 g/mol. The first-order valence-electron chi connectivity index (χ1n) is 5.29. The molecule has 3 nitrogen and oxygen atoms in total. The lowest BCUT2D eigenvalue weighted by molar-refractivity contribution is -0.139. The largest absolute Gasteiger partial charge is 0.480 e. The molecule has 0 aliphatic carbocycles. The fourth-order valence-electron chi connectivity index (χ4n) is 1.44. The highest BCUT2D eigenvalue weighted by atomic mass is 19.1. The number of nitrogens with one attached hydrogen (secondary N) is 1. The number of hydrogen-bond donors (Lipinski definition) is 2. The summed E-state index contributed by atoms with van der Waals surface area (Å²) in [7, 11) is 0. The van der Waals surface area contributed by atoms with Gasteiger partial charge in [0.2, 0.25) is 0 Å². The molecule has 2 atom stereocenters. The third-order valence-electron chi connectivity index (χ3n) is 2.63. The number of anilines is 1. The second-order valence-corrected chi connectivity index (χ2v) is 3.86. The van der Waals surface area contributed by atoms with E-state index in [1.807, 2.05) is 13.8 Å². The van der Waals surface area contributed by atoms with Crippen molar-refractivity contribution in [3.8, 4) is 0 Å². The number of hydrogen-bond acceptors (Lipinski definition) is 2. The molecule has 88 valence electrons. The maximum atomic E-state index is 12.9. The molecule has 0 heterocycles. The Morgan fingerprint density at radius 2 is 2.25 bits per heavy atom. The van der Waals surface area contributed by atoms with E-state index in [0.717, 1.165) is 6.42 Å². The van der Waals surface area contributed by atoms with Crippen LogP contribution in [0, 0.1) is 11.7 Å². The first kappa shape index (κ1) is 12.5. The minimum atomic E-state index is -0.918. The Hall–Kier alpha value is -1.58. The highest BCUT2D eigenvalue weighted by Crippen LogP contribution is 2.16. The molecule has 0 radical (unpaired) electrons. The topological polar surface area (TPSA) is 49.3 Å². The Bertz CT molecular complexity index is 368. The zero-order chi connectivity index (χ0) is 12.1. The van der Waals surface area contributed by atoms with Crippen LogP contribution in [0.4, 0.5) is 10.1 Å². The van der Waals surface area contributed by atoms with Gasteiger partial charge in [-0.25, -0.2) is 9.18 Å². The van der Waals surface area contributed by atoms with E-state index in [1.54, 1.807) is 12.1 Å². The van der Waals surface area contributed by atoms with Gasteiger partial charge in [-0.15, -0.1) is 0 Å². The van der Waals surface area contributed by atoms with Crippen molar-refractivity contribution in [1.82, 2.24) is 0 Å². The molecule has 2 unspecified atom stereocenters. The lowest BCUT2D eigenvalue weighted by atomic mass is 9.99. The Morgan fingerprint density at radius 3 is 2.75 bits per heavy atom. The molecule has 1 aromatic carbocycles. The first-order valence-corrected chi connectivity index (χ1v) is 5.29. The van der Waals surface area contributed by atoms with Crippen molar-refractivity contribution < 1.29 is 14.3 Å². The molecule has 0 spiro atoms. The molecule has 1 aromatic rings. The van der Waals surface area contributed by atoms with Gasteiger partial charge in [-0.05, 0) is 24.1 Å². The van der Waals surface area contributed by atoms with Gasteiger partial charge in [-0.3, -0.25) is 0 Å². The van der Waals surface area contributed by atoms with Gasteiger partial charge in [-0.2, -0.15) is 0 Å². The number of benzene rings is 1. The zero-order valence-corrected chi connectivity index (χ0v) is 9.40. The number of aliphatic carboxylic acids is 1. The Morgan fingerprint density at radius 1 is 1.56 bits per heavy atom. The van der Waals surface area contributed by atoms with Gasteiger partial charge in [0.1, 0.15) is 11.9 Å². The molecular formula is C12H16FNO2. The predicted octanol–water partition coefficient (Wildman–Crippen LogP) is 2.74. The van der Waals surface area contributed by atoms with E-state index < -0.39 is 12.0 Å². The molecule has 0 saturated heterocycles. The van der Waals surface area contributed by atoms with E-state index >= 15 is 0 Å². The van der Waals surface area contributed by atoms with Crippen LogP contribution in [0.2, 0.25) is 0 Å². The summed E-state index contributed by atoms with van der Waals surface area (Å²) in [5.74, 6) is -1.31. The van der Waals surface area contributed by atoms with Gasteiger partial charge in [0, 0.05) is 5.69 Å². The third-order valence-corrected chi connectivity index (χ3v) is 2.63. The number of carboxylic acids is 1. The summed E-state index contributed by atoms with van der Waals surface area (Å²) < 4.78 is 12.9. The van der Waals surface area contributed by atoms with Crippen LogP contribution in [-0.4, -0.2) is 17.1 Å². The van der Waals surface area contributed by atoms with Gasteiger partial charge in [0.25, 0.3) is 0 Å². The molecule has 4 heteroatoms. The quantitative estimate of drug-likeness (QED) is 0.810. The molecule has 0 saturated carbocycles. The van der Waals surface area contributed by atoms with Gasteiger partial charge in [0.05, 0.1) is 0 Å². The normalized spacial score (nSPS) is 14.2. The van der Waals surface area contributed by atoms with Crippen LogP contribution in [0.15, 0.2) is 24.3 Å². The molecule has 0 bridgehead atoms. The molecule has 1 rings (SSSR count). The van der Waals surface area contributed by atoms with Crippen LogP contribution in [0.1, 0.15) is 20.3 Å². The van der Waals surface area contributed by atoms with Crippen molar-refractivity contribution in [3.05, 3.63) is 30.1 Å². The van der Waals surface area contributed by atoms with E-state index in [-0.39, 0.29) is 11.7 Å². The summed E-state index contributed by atoms with van der Waals surface area (Å²) in [6, 6.07) is 5.13. The van der Waals surface area contributed by atoms with E-state index in [0.29, 0.717) is 5.69 Å². The summed E-state index contributed by atoms with van der Waals surface area (Å²) in [5.41, 5.74) is 0.493. The lowest BCUT2D eigenvalue weighted by Gasteiger charge is -2.21. The number of rotatable bonds is 5. The van der Waals surface area contributed by atoms with Crippen LogP contribution in [0.5, 0.6) is 0 Å². The Kier molecular flexibility index (Phi) is 4.28. The van der Waals surface area contributed by atoms with Crippen molar-refractivity contribution in [3.63, 3.8) is 0 Å². The van der Waals surface area contributed by atoms with Crippen molar-refractivity contribution in [2.24, 2.45) is 5.92 Å². The summed E-state index contributed by atoms with van der Waals surface area (Å²) in [4.78, 5) is 11.0. The first-order chi connectivity index (χ1) is 7.54. The predicted molar refractivity (Wildman–Crippen MR) is 60.9 cm³/mol. The highest BCUT2D eigenvalue weighted by Gasteiger charge is 2.23. The van der Waals surface area contributed by atoms with E-state index in [1.165, 1.54) is 12.1 Å². The molecule has 16 heavy (non-hydrogen) atoms. The standard InChI is InChI=1S/C12H16FNO2/c1-3-8(2)11(12(15)16)14-10-6-4-5-9(13)7-10/h4-8,11,14H,3H2,1-2H3,(H,15,16). The van der Waals surface area contributed by atoms with Crippen LogP contribution < -0.4 is 5.32 Å². The second-order valence-electron chi connectivity index (χ2n) is 3.86. The fourth-order valence-corrected chi connectivity index (χ4v) is 1.44. The minimum absolute atomic E-state index is 0.0132. The average Bonchev–Trinajstić information content (AvgIpc) is 2.24. The van der Waals surface area contributed by atoms with Gasteiger partial charge >= 0.3 is 5.97 Å². The monoisotopic (exact) mass is 225 g/mol. The summed E-state index contributed by atoms with van der Waals surface area (Å²) in [6.45, 7) is 3.78. The van der Waals surface area contributed by atoms with Gasteiger partial charge in [-0.1, -0.05) is 26.3 Å². The van der Waals surface area contributed by atoms with E-state index in [4.69, 9.17) is 5.11 Å². The van der Waals surface area contributed by atoms with E-state index in [2.05, 4.69) is 5.32 Å². The molecule has 0 fully saturated rings. The van der Waals surface area contributed by atoms with Crippen LogP contribution in [-0.2, 0) is 4.79 Å². The molecule has 0 aliphatic rings. The maximum absolute atomic E-state index is 12.9. The minimum Gasteiger partial charge on any atom is -0.480 e. The van der Waals surface area contributed by atoms with Crippen molar-refractivity contribution in [2.45, 2.75) is 26.3 Å². The van der Waals surface area contributed by atoms with Gasteiger partial charge < -0.3 is 10.4 Å². The molecule has 2 N–H and O–H groups in total. The van der Waals surface area contributed by atoms with Crippen molar-refractivity contribution in [1.29, 1.82) is 0 Å². The van der Waals surface area contributed by atoms with Crippen molar-refractivity contribution in [2.75, 3.05) is 5.32 Å². The van der Waals surface area contributed by atoms with Crippen molar-refractivity contribution >= 4 is 11.7 Å². The van der Waals surface area contributed by atoms with Crippen LogP contribution in [0.3, 0.4) is 0 Å². The number of halogens is 1. The number of carbonyl (C=O) groups is 1. The highest BCUT2D eigenvalue weighted by molar-refractivity contribution is 5.77. The summed E-state index contributed by atoms with van der Waals surface area (Å²) in [5, 5.41) is 11.9. The fraction of sp³-hybridized carbons (Fsp3) is 0.417. The Labute approximate surface area is 94.3 Å². The lowest BCUT2D eigenvalue weighted by Crippen LogP contribution is -2.35. The Balaban J connectivity index is 2.79.